The molecular weight excluding hydrogens is 326 g/mol. The summed E-state index contributed by atoms with van der Waals surface area (Å²) in [6, 6.07) is 7.98. The molecule has 0 spiro atoms. The predicted molar refractivity (Wildman–Crippen MR) is 103 cm³/mol. The SMILES string of the molecule is Cc1ccccc1-c1nc(CC(=O)NCC(C)(C)N2CCCC2)c(C)o1. The first-order chi connectivity index (χ1) is 12.4. The molecule has 26 heavy (non-hydrogen) atoms. The molecule has 5 heteroatoms. The second-order valence-corrected chi connectivity index (χ2v) is 7.80. The lowest BCUT2D eigenvalue weighted by molar-refractivity contribution is -0.121. The zero-order chi connectivity index (χ0) is 18.7. The maximum atomic E-state index is 12.4. The molecule has 1 N–H and O–H groups in total. The number of oxazole rings is 1. The van der Waals surface area contributed by atoms with Crippen LogP contribution in [0.4, 0.5) is 0 Å². The van der Waals surface area contributed by atoms with E-state index in [1.54, 1.807) is 0 Å². The Bertz CT molecular complexity index is 773. The van der Waals surface area contributed by atoms with E-state index in [1.807, 2.05) is 38.1 Å². The van der Waals surface area contributed by atoms with Gasteiger partial charge in [0.1, 0.15) is 5.76 Å². The van der Waals surface area contributed by atoms with E-state index in [1.165, 1.54) is 12.8 Å². The summed E-state index contributed by atoms with van der Waals surface area (Å²) in [6.07, 6.45) is 2.74. The molecule has 1 aromatic carbocycles. The van der Waals surface area contributed by atoms with Gasteiger partial charge in [-0.15, -0.1) is 0 Å². The number of nitrogens with one attached hydrogen (secondary N) is 1. The van der Waals surface area contributed by atoms with E-state index < -0.39 is 0 Å². The van der Waals surface area contributed by atoms with Crippen LogP contribution < -0.4 is 5.32 Å². The topological polar surface area (TPSA) is 58.4 Å². The molecule has 1 aromatic heterocycles. The fraction of sp³-hybridized carbons (Fsp3) is 0.524. The molecule has 1 aliphatic heterocycles. The fourth-order valence-electron chi connectivity index (χ4n) is 3.48. The number of hydrogen-bond acceptors (Lipinski definition) is 4. The standard InChI is InChI=1S/C21H29N3O2/c1-15-9-5-6-10-17(15)20-23-18(16(2)26-20)13-19(25)22-14-21(3,4)24-11-7-8-12-24/h5-6,9-10H,7-8,11-14H2,1-4H3,(H,22,25). The van der Waals surface area contributed by atoms with Crippen molar-refractivity contribution in [1.82, 2.24) is 15.2 Å². The number of hydrogen-bond donors (Lipinski definition) is 1. The Morgan fingerprint density at radius 2 is 1.92 bits per heavy atom. The Morgan fingerprint density at radius 3 is 2.62 bits per heavy atom. The Kier molecular flexibility index (Phi) is 5.47. The van der Waals surface area contributed by atoms with Crippen molar-refractivity contribution in [2.75, 3.05) is 19.6 Å². The summed E-state index contributed by atoms with van der Waals surface area (Å²) in [7, 11) is 0. The van der Waals surface area contributed by atoms with Crippen LogP contribution in [0.1, 0.15) is 43.7 Å². The third-order valence-corrected chi connectivity index (χ3v) is 5.28. The summed E-state index contributed by atoms with van der Waals surface area (Å²) in [5, 5.41) is 3.07. The van der Waals surface area contributed by atoms with Crippen molar-refractivity contribution in [3.8, 4) is 11.5 Å². The van der Waals surface area contributed by atoms with Gasteiger partial charge < -0.3 is 9.73 Å². The van der Waals surface area contributed by atoms with Crippen LogP contribution in [0.25, 0.3) is 11.5 Å². The zero-order valence-corrected chi connectivity index (χ0v) is 16.3. The predicted octanol–water partition coefficient (Wildman–Crippen LogP) is 3.49. The van der Waals surface area contributed by atoms with Gasteiger partial charge in [0.2, 0.25) is 11.8 Å². The summed E-state index contributed by atoms with van der Waals surface area (Å²) >= 11 is 0. The second kappa shape index (κ2) is 7.62. The van der Waals surface area contributed by atoms with Crippen LogP contribution in [0.5, 0.6) is 0 Å². The van der Waals surface area contributed by atoms with Crippen LogP contribution in [0.2, 0.25) is 0 Å². The smallest absolute Gasteiger partial charge is 0.226 e. The average molecular weight is 355 g/mol. The van der Waals surface area contributed by atoms with E-state index in [0.717, 1.165) is 24.2 Å². The van der Waals surface area contributed by atoms with Crippen molar-refractivity contribution in [2.24, 2.45) is 0 Å². The first-order valence-electron chi connectivity index (χ1n) is 9.41. The van der Waals surface area contributed by atoms with Gasteiger partial charge in [-0.2, -0.15) is 0 Å². The van der Waals surface area contributed by atoms with Crippen LogP contribution >= 0.6 is 0 Å². The van der Waals surface area contributed by atoms with E-state index in [9.17, 15) is 4.79 Å². The molecule has 0 unspecified atom stereocenters. The number of likely N-dealkylation sites (tertiary alicyclic amines) is 1. The van der Waals surface area contributed by atoms with E-state index in [-0.39, 0.29) is 17.9 Å². The van der Waals surface area contributed by atoms with Gasteiger partial charge >= 0.3 is 0 Å². The fourth-order valence-corrected chi connectivity index (χ4v) is 3.48. The van der Waals surface area contributed by atoms with Crippen molar-refractivity contribution < 1.29 is 9.21 Å². The van der Waals surface area contributed by atoms with Crippen molar-refractivity contribution in [2.45, 2.75) is 52.5 Å². The number of benzene rings is 1. The molecule has 2 aromatic rings. The maximum Gasteiger partial charge on any atom is 0.226 e. The van der Waals surface area contributed by atoms with Gasteiger partial charge in [-0.25, -0.2) is 4.98 Å². The van der Waals surface area contributed by atoms with E-state index >= 15 is 0 Å². The number of aryl methyl sites for hydroxylation is 2. The first kappa shape index (κ1) is 18.6. The first-order valence-corrected chi connectivity index (χ1v) is 9.41. The number of rotatable bonds is 6. The van der Waals surface area contributed by atoms with Crippen molar-refractivity contribution in [3.63, 3.8) is 0 Å². The van der Waals surface area contributed by atoms with Crippen LogP contribution in [-0.2, 0) is 11.2 Å². The minimum Gasteiger partial charge on any atom is -0.441 e. The van der Waals surface area contributed by atoms with E-state index in [0.29, 0.717) is 23.9 Å². The number of aromatic nitrogens is 1. The van der Waals surface area contributed by atoms with Crippen LogP contribution in [0.3, 0.4) is 0 Å². The molecule has 0 bridgehead atoms. The van der Waals surface area contributed by atoms with Gasteiger partial charge in [-0.3, -0.25) is 9.69 Å². The molecule has 0 saturated carbocycles. The van der Waals surface area contributed by atoms with Crippen molar-refractivity contribution in [3.05, 3.63) is 41.3 Å². The van der Waals surface area contributed by atoms with Gasteiger partial charge in [0.15, 0.2) is 0 Å². The van der Waals surface area contributed by atoms with Gasteiger partial charge in [-0.05, 0) is 65.3 Å². The van der Waals surface area contributed by atoms with Crippen molar-refractivity contribution in [1.29, 1.82) is 0 Å². The van der Waals surface area contributed by atoms with Crippen LogP contribution in [-0.4, -0.2) is 41.0 Å². The van der Waals surface area contributed by atoms with Crippen LogP contribution in [0.15, 0.2) is 28.7 Å². The number of amides is 1. The third kappa shape index (κ3) is 4.15. The lowest BCUT2D eigenvalue weighted by atomic mass is 10.0. The number of carbonyl (C=O) groups excluding carboxylic acids is 1. The summed E-state index contributed by atoms with van der Waals surface area (Å²) in [5.74, 6) is 1.28. The lowest BCUT2D eigenvalue weighted by Crippen LogP contribution is -2.50. The molecule has 5 nitrogen and oxygen atoms in total. The molecule has 140 valence electrons. The highest BCUT2D eigenvalue weighted by Gasteiger charge is 2.29. The van der Waals surface area contributed by atoms with Crippen molar-refractivity contribution >= 4 is 5.91 Å². The summed E-state index contributed by atoms with van der Waals surface area (Å²) < 4.78 is 5.81. The molecule has 1 aliphatic rings. The minimum atomic E-state index is -0.0165. The molecule has 0 radical (unpaired) electrons. The van der Waals surface area contributed by atoms with Gasteiger partial charge in [0.05, 0.1) is 12.1 Å². The monoisotopic (exact) mass is 355 g/mol. The zero-order valence-electron chi connectivity index (χ0n) is 16.3. The Balaban J connectivity index is 1.62. The van der Waals surface area contributed by atoms with E-state index in [4.69, 9.17) is 4.42 Å². The third-order valence-electron chi connectivity index (χ3n) is 5.28. The van der Waals surface area contributed by atoms with Gasteiger partial charge in [0.25, 0.3) is 0 Å². The second-order valence-electron chi connectivity index (χ2n) is 7.80. The summed E-state index contributed by atoms with van der Waals surface area (Å²) in [4.78, 5) is 19.4. The normalized spacial score (nSPS) is 15.4. The molecule has 1 saturated heterocycles. The molecule has 0 aliphatic carbocycles. The van der Waals surface area contributed by atoms with Crippen LogP contribution in [0, 0.1) is 13.8 Å². The highest BCUT2D eigenvalue weighted by atomic mass is 16.4. The molecule has 1 fully saturated rings. The van der Waals surface area contributed by atoms with E-state index in [2.05, 4.69) is 29.0 Å². The largest absolute Gasteiger partial charge is 0.441 e. The highest BCUT2D eigenvalue weighted by molar-refractivity contribution is 5.78. The van der Waals surface area contributed by atoms with Gasteiger partial charge in [-0.1, -0.05) is 18.2 Å². The average Bonchev–Trinajstić information content (AvgIpc) is 3.25. The molecular formula is C21H29N3O2. The Morgan fingerprint density at radius 1 is 1.23 bits per heavy atom. The lowest BCUT2D eigenvalue weighted by Gasteiger charge is -2.35. The molecule has 0 atom stereocenters. The molecule has 1 amide bonds. The maximum absolute atomic E-state index is 12.4. The number of nitrogens with zero attached hydrogens (tertiary/aromatic N) is 2. The van der Waals surface area contributed by atoms with Gasteiger partial charge in [0, 0.05) is 17.6 Å². The summed E-state index contributed by atoms with van der Waals surface area (Å²) in [5.41, 5.74) is 2.77. The summed E-state index contributed by atoms with van der Waals surface area (Å²) in [6.45, 7) is 11.2. The molecule has 2 heterocycles. The minimum absolute atomic E-state index is 0.00925. The highest BCUT2D eigenvalue weighted by Crippen LogP contribution is 2.25. The molecule has 3 rings (SSSR count). The quantitative estimate of drug-likeness (QED) is 0.862. The Hall–Kier alpha value is -2.14. The Labute approximate surface area is 155 Å². The number of carbonyl (C=O) groups is 1.